The molecule has 1 fully saturated rings. The maximum absolute atomic E-state index is 13.5. The van der Waals surface area contributed by atoms with E-state index in [2.05, 4.69) is 19.2 Å². The van der Waals surface area contributed by atoms with Crippen LogP contribution in [-0.2, 0) is 10.2 Å². The summed E-state index contributed by atoms with van der Waals surface area (Å²) in [5.41, 5.74) is 0.507. The first-order valence-corrected chi connectivity index (χ1v) is 6.79. The van der Waals surface area contributed by atoms with E-state index in [-0.39, 0.29) is 5.41 Å². The smallest absolute Gasteiger partial charge is 0.126 e. The van der Waals surface area contributed by atoms with Crippen molar-refractivity contribution in [1.82, 2.24) is 5.32 Å². The summed E-state index contributed by atoms with van der Waals surface area (Å²) in [5.74, 6) is -1.02. The average Bonchev–Trinajstić information content (AvgIpc) is 2.36. The quantitative estimate of drug-likeness (QED) is 0.907. The minimum Gasteiger partial charge on any atom is -0.381 e. The van der Waals surface area contributed by atoms with Crippen LogP contribution >= 0.6 is 0 Å². The maximum atomic E-state index is 13.5. The Morgan fingerprint density at radius 1 is 1.16 bits per heavy atom. The van der Waals surface area contributed by atoms with Gasteiger partial charge in [0, 0.05) is 37.3 Å². The van der Waals surface area contributed by atoms with E-state index in [9.17, 15) is 8.78 Å². The lowest BCUT2D eigenvalue weighted by atomic mass is 9.74. The molecular formula is C15H21F2NO. The maximum Gasteiger partial charge on any atom is 0.126 e. The number of hydrogen-bond acceptors (Lipinski definition) is 2. The van der Waals surface area contributed by atoms with E-state index in [1.807, 2.05) is 0 Å². The van der Waals surface area contributed by atoms with Crippen molar-refractivity contribution in [2.45, 2.75) is 38.1 Å². The first-order valence-electron chi connectivity index (χ1n) is 6.79. The second-order valence-electron chi connectivity index (χ2n) is 5.59. The Morgan fingerprint density at radius 3 is 2.26 bits per heavy atom. The molecule has 2 nitrogen and oxygen atoms in total. The zero-order valence-corrected chi connectivity index (χ0v) is 11.5. The van der Waals surface area contributed by atoms with Gasteiger partial charge >= 0.3 is 0 Å². The van der Waals surface area contributed by atoms with E-state index in [1.54, 1.807) is 0 Å². The third kappa shape index (κ3) is 3.51. The monoisotopic (exact) mass is 269 g/mol. The summed E-state index contributed by atoms with van der Waals surface area (Å²) in [4.78, 5) is 0. The molecule has 0 saturated carbocycles. The number of halogens is 2. The number of benzene rings is 1. The predicted molar refractivity (Wildman–Crippen MR) is 71.2 cm³/mol. The van der Waals surface area contributed by atoms with Crippen molar-refractivity contribution in [2.75, 3.05) is 19.8 Å². The summed E-state index contributed by atoms with van der Waals surface area (Å²) in [7, 11) is 0. The van der Waals surface area contributed by atoms with E-state index in [1.165, 1.54) is 12.1 Å². The van der Waals surface area contributed by atoms with Crippen molar-refractivity contribution >= 4 is 0 Å². The lowest BCUT2D eigenvalue weighted by Crippen LogP contribution is -2.44. The van der Waals surface area contributed by atoms with Crippen molar-refractivity contribution < 1.29 is 13.5 Å². The Bertz CT molecular complexity index is 408. The Morgan fingerprint density at radius 2 is 1.74 bits per heavy atom. The van der Waals surface area contributed by atoms with Crippen LogP contribution in [-0.4, -0.2) is 25.8 Å². The third-order valence-corrected chi connectivity index (χ3v) is 3.77. The molecule has 106 valence electrons. The van der Waals surface area contributed by atoms with Crippen molar-refractivity contribution in [3.8, 4) is 0 Å². The van der Waals surface area contributed by atoms with Gasteiger partial charge in [-0.1, -0.05) is 13.8 Å². The van der Waals surface area contributed by atoms with Gasteiger partial charge < -0.3 is 10.1 Å². The van der Waals surface area contributed by atoms with Crippen molar-refractivity contribution in [3.63, 3.8) is 0 Å². The molecule has 19 heavy (non-hydrogen) atoms. The molecule has 0 amide bonds. The highest BCUT2D eigenvalue weighted by Crippen LogP contribution is 2.35. The van der Waals surface area contributed by atoms with Gasteiger partial charge in [0.05, 0.1) is 0 Å². The fourth-order valence-electron chi connectivity index (χ4n) is 2.59. The first-order chi connectivity index (χ1) is 9.02. The second kappa shape index (κ2) is 5.97. The van der Waals surface area contributed by atoms with Crippen LogP contribution in [0.2, 0.25) is 0 Å². The van der Waals surface area contributed by atoms with E-state index in [0.717, 1.165) is 31.0 Å². The summed E-state index contributed by atoms with van der Waals surface area (Å²) in [6, 6.07) is 4.18. The van der Waals surface area contributed by atoms with Gasteiger partial charge in [0.1, 0.15) is 11.6 Å². The van der Waals surface area contributed by atoms with Gasteiger partial charge in [0.15, 0.2) is 0 Å². The van der Waals surface area contributed by atoms with E-state index in [4.69, 9.17) is 4.74 Å². The molecule has 0 aliphatic carbocycles. The molecule has 0 aromatic heterocycles. The van der Waals surface area contributed by atoms with Gasteiger partial charge in [-0.3, -0.25) is 0 Å². The number of rotatable bonds is 4. The molecule has 1 saturated heterocycles. The molecule has 0 radical (unpaired) electrons. The van der Waals surface area contributed by atoms with Crippen LogP contribution in [0.4, 0.5) is 8.78 Å². The predicted octanol–water partition coefficient (Wildman–Crippen LogP) is 3.01. The summed E-state index contributed by atoms with van der Waals surface area (Å²) in [6.45, 7) is 6.13. The van der Waals surface area contributed by atoms with Crippen LogP contribution in [0.5, 0.6) is 0 Å². The van der Waals surface area contributed by atoms with Crippen LogP contribution in [0.1, 0.15) is 32.3 Å². The highest BCUT2D eigenvalue weighted by Gasteiger charge is 2.35. The summed E-state index contributed by atoms with van der Waals surface area (Å²) >= 11 is 0. The molecule has 1 aromatic carbocycles. The van der Waals surface area contributed by atoms with Crippen LogP contribution in [0.25, 0.3) is 0 Å². The van der Waals surface area contributed by atoms with Gasteiger partial charge in [-0.15, -0.1) is 0 Å². The number of ether oxygens (including phenoxy) is 1. The fraction of sp³-hybridized carbons (Fsp3) is 0.600. The molecule has 1 N–H and O–H groups in total. The van der Waals surface area contributed by atoms with Crippen LogP contribution in [0, 0.1) is 11.6 Å². The fourth-order valence-corrected chi connectivity index (χ4v) is 2.59. The molecule has 4 heteroatoms. The molecule has 0 bridgehead atoms. The minimum absolute atomic E-state index is 0.231. The Kier molecular flexibility index (Phi) is 4.53. The topological polar surface area (TPSA) is 21.3 Å². The van der Waals surface area contributed by atoms with Crippen molar-refractivity contribution in [3.05, 3.63) is 35.4 Å². The normalized spacial score (nSPS) is 18.8. The molecule has 1 aromatic rings. The largest absolute Gasteiger partial charge is 0.381 e. The molecule has 1 heterocycles. The highest BCUT2D eigenvalue weighted by molar-refractivity contribution is 5.28. The third-order valence-electron chi connectivity index (χ3n) is 3.77. The molecular weight excluding hydrogens is 248 g/mol. The summed E-state index contributed by atoms with van der Waals surface area (Å²) in [6.07, 6.45) is 1.57. The first kappa shape index (κ1) is 14.4. The van der Waals surface area contributed by atoms with Crippen molar-refractivity contribution in [2.24, 2.45) is 0 Å². The summed E-state index contributed by atoms with van der Waals surface area (Å²) < 4.78 is 32.3. The average molecular weight is 269 g/mol. The Balaban J connectivity index is 2.30. The highest BCUT2D eigenvalue weighted by atomic mass is 19.1. The number of hydrogen-bond donors (Lipinski definition) is 1. The Hall–Kier alpha value is -1.00. The van der Waals surface area contributed by atoms with E-state index >= 15 is 0 Å². The van der Waals surface area contributed by atoms with Crippen molar-refractivity contribution in [1.29, 1.82) is 0 Å². The zero-order chi connectivity index (χ0) is 13.9. The van der Waals surface area contributed by atoms with Gasteiger partial charge in [0.2, 0.25) is 0 Å². The standard InChI is InChI=1S/C15H21F2NO/c1-11(2)18-10-15(3-5-19-6-4-15)12-7-13(16)9-14(17)8-12/h7-9,11,18H,3-6,10H2,1-2H3. The molecule has 1 aliphatic heterocycles. The van der Waals surface area contributed by atoms with Gasteiger partial charge in [-0.05, 0) is 30.5 Å². The minimum atomic E-state index is -0.509. The SMILES string of the molecule is CC(C)NCC1(c2cc(F)cc(F)c2)CCOCC1. The van der Waals surface area contributed by atoms with Crippen LogP contribution < -0.4 is 5.32 Å². The molecule has 0 unspecified atom stereocenters. The zero-order valence-electron chi connectivity index (χ0n) is 11.5. The summed E-state index contributed by atoms with van der Waals surface area (Å²) in [5, 5.41) is 3.39. The number of nitrogens with one attached hydrogen (secondary N) is 1. The van der Waals surface area contributed by atoms with Gasteiger partial charge in [0.25, 0.3) is 0 Å². The molecule has 2 rings (SSSR count). The van der Waals surface area contributed by atoms with Gasteiger partial charge in [-0.2, -0.15) is 0 Å². The molecule has 0 atom stereocenters. The molecule has 0 spiro atoms. The molecule has 1 aliphatic rings. The van der Waals surface area contributed by atoms with Gasteiger partial charge in [-0.25, -0.2) is 8.78 Å². The lowest BCUT2D eigenvalue weighted by Gasteiger charge is -2.38. The lowest BCUT2D eigenvalue weighted by molar-refractivity contribution is 0.0490. The van der Waals surface area contributed by atoms with Crippen LogP contribution in [0.15, 0.2) is 18.2 Å². The van der Waals surface area contributed by atoms with E-state index in [0.29, 0.717) is 19.3 Å². The Labute approximate surface area is 113 Å². The van der Waals surface area contributed by atoms with Crippen LogP contribution in [0.3, 0.4) is 0 Å². The van der Waals surface area contributed by atoms with E-state index < -0.39 is 11.6 Å². The second-order valence-corrected chi connectivity index (χ2v) is 5.59.